The molecule has 6 nitrogen and oxygen atoms in total. The molecular weight excluding hydrogens is 443 g/mol. The monoisotopic (exact) mass is 469 g/mol. The van der Waals surface area contributed by atoms with E-state index in [0.717, 1.165) is 28.6 Å². The summed E-state index contributed by atoms with van der Waals surface area (Å²) in [5, 5.41) is 0. The zero-order chi connectivity index (χ0) is 23.7. The lowest BCUT2D eigenvalue weighted by Crippen LogP contribution is -2.43. The number of anilines is 1. The van der Waals surface area contributed by atoms with E-state index in [1.54, 1.807) is 43.3 Å². The Balaban J connectivity index is 2.05. The molecule has 0 radical (unpaired) electrons. The van der Waals surface area contributed by atoms with E-state index < -0.39 is 28.3 Å². The van der Waals surface area contributed by atoms with E-state index >= 15 is 0 Å². The molecule has 10 heteroatoms. The summed E-state index contributed by atoms with van der Waals surface area (Å²) in [5.41, 5.74) is 2.01. The van der Waals surface area contributed by atoms with Gasteiger partial charge in [0.25, 0.3) is 0 Å². The van der Waals surface area contributed by atoms with Gasteiger partial charge >= 0.3 is 12.1 Å². The molecule has 1 heterocycles. The van der Waals surface area contributed by atoms with E-state index in [1.807, 2.05) is 13.8 Å². The number of nitrogens with zero attached hydrogens (tertiary/aromatic N) is 3. The van der Waals surface area contributed by atoms with E-state index in [1.165, 1.54) is 12.1 Å². The molecule has 2 aromatic carbocycles. The van der Waals surface area contributed by atoms with E-state index in [2.05, 4.69) is 4.90 Å². The predicted molar refractivity (Wildman–Crippen MR) is 116 cm³/mol. The second-order valence-corrected chi connectivity index (χ2v) is 9.45. The summed E-state index contributed by atoms with van der Waals surface area (Å²) in [6.45, 7) is 6.66. The summed E-state index contributed by atoms with van der Waals surface area (Å²) in [6, 6.07) is 12.7. The smallest absolute Gasteiger partial charge is 0.372 e. The van der Waals surface area contributed by atoms with Crippen molar-refractivity contribution in [1.29, 1.82) is 0 Å². The zero-order valence-electron chi connectivity index (χ0n) is 18.1. The molecule has 0 bridgehead atoms. The normalized spacial score (nSPS) is 17.6. The quantitative estimate of drug-likeness (QED) is 0.643. The van der Waals surface area contributed by atoms with Crippen LogP contribution in [-0.4, -0.2) is 55.9 Å². The van der Waals surface area contributed by atoms with E-state index in [0.29, 0.717) is 10.5 Å². The molecule has 3 rings (SSSR count). The minimum absolute atomic E-state index is 0.0332. The lowest BCUT2D eigenvalue weighted by molar-refractivity contribution is -0.187. The maximum Gasteiger partial charge on any atom is 0.471 e. The van der Waals surface area contributed by atoms with Crippen molar-refractivity contribution in [3.05, 3.63) is 59.7 Å². The standard InChI is InChI=1S/C22H26F3N3O3S/c1-4-26(5-2)18-10-8-17(9-11-18)20-27(21(29)22(23,24)25)14-15-28(20)32(30,31)19-12-6-16(3)7-13-19/h6-13,20H,4-5,14-15H2,1-3H3/t20-/m0/s1. The minimum atomic E-state index is -5.11. The van der Waals surface area contributed by atoms with Gasteiger partial charge in [0.05, 0.1) is 4.90 Å². The second kappa shape index (κ2) is 9.11. The van der Waals surface area contributed by atoms with Crippen LogP contribution in [0.5, 0.6) is 0 Å². The van der Waals surface area contributed by atoms with Crippen molar-refractivity contribution in [2.24, 2.45) is 0 Å². The fraction of sp³-hybridized carbons (Fsp3) is 0.409. The highest BCUT2D eigenvalue weighted by Gasteiger charge is 2.51. The Morgan fingerprint density at radius 3 is 2.06 bits per heavy atom. The van der Waals surface area contributed by atoms with Gasteiger partial charge in [-0.25, -0.2) is 8.42 Å². The van der Waals surface area contributed by atoms with Gasteiger partial charge in [-0.15, -0.1) is 0 Å². The number of aryl methyl sites for hydroxylation is 1. The van der Waals surface area contributed by atoms with Crippen LogP contribution in [0.1, 0.15) is 31.1 Å². The number of sulfonamides is 1. The molecule has 0 saturated carbocycles. The highest BCUT2D eigenvalue weighted by atomic mass is 32.2. The molecular formula is C22H26F3N3O3S. The maximum atomic E-state index is 13.3. The van der Waals surface area contributed by atoms with Crippen LogP contribution >= 0.6 is 0 Å². The van der Waals surface area contributed by atoms with Crippen molar-refractivity contribution in [2.75, 3.05) is 31.1 Å². The zero-order valence-corrected chi connectivity index (χ0v) is 18.9. The molecule has 0 spiro atoms. The lowest BCUT2D eigenvalue weighted by Gasteiger charge is -2.31. The largest absolute Gasteiger partial charge is 0.471 e. The van der Waals surface area contributed by atoms with Crippen LogP contribution in [0, 0.1) is 6.92 Å². The highest BCUT2D eigenvalue weighted by molar-refractivity contribution is 7.89. The molecule has 1 atom stereocenters. The second-order valence-electron chi connectivity index (χ2n) is 7.56. The van der Waals surface area contributed by atoms with Gasteiger partial charge in [0, 0.05) is 31.9 Å². The predicted octanol–water partition coefficient (Wildman–Crippen LogP) is 3.94. The molecule has 32 heavy (non-hydrogen) atoms. The number of hydrogen-bond acceptors (Lipinski definition) is 4. The van der Waals surface area contributed by atoms with Crippen LogP contribution in [-0.2, 0) is 14.8 Å². The molecule has 174 valence electrons. The third kappa shape index (κ3) is 4.61. The number of alkyl halides is 3. The molecule has 1 aliphatic rings. The van der Waals surface area contributed by atoms with Crippen LogP contribution in [0.25, 0.3) is 0 Å². The van der Waals surface area contributed by atoms with Gasteiger partial charge in [0.2, 0.25) is 10.0 Å². The van der Waals surface area contributed by atoms with Gasteiger partial charge in [0.15, 0.2) is 0 Å². The first-order chi connectivity index (χ1) is 15.0. The SMILES string of the molecule is CCN(CC)c1ccc([C@H]2N(C(=O)C(F)(F)F)CCN2S(=O)(=O)c2ccc(C)cc2)cc1. The molecule has 1 aliphatic heterocycles. The number of benzene rings is 2. The van der Waals surface area contributed by atoms with Gasteiger partial charge in [-0.05, 0) is 50.6 Å². The topological polar surface area (TPSA) is 60.9 Å². The summed E-state index contributed by atoms with van der Waals surface area (Å²) in [4.78, 5) is 14.7. The van der Waals surface area contributed by atoms with E-state index in [9.17, 15) is 26.4 Å². The van der Waals surface area contributed by atoms with Gasteiger partial charge in [-0.2, -0.15) is 17.5 Å². The summed E-state index contributed by atoms with van der Waals surface area (Å²) in [7, 11) is -4.14. The van der Waals surface area contributed by atoms with Crippen LogP contribution in [0.4, 0.5) is 18.9 Å². The number of carbonyl (C=O) groups excluding carboxylic acids is 1. The fourth-order valence-electron chi connectivity index (χ4n) is 3.87. The Hall–Kier alpha value is -2.59. The molecule has 0 aromatic heterocycles. The Labute approximate surface area is 186 Å². The first-order valence-corrected chi connectivity index (χ1v) is 11.8. The fourth-order valence-corrected chi connectivity index (χ4v) is 5.44. The van der Waals surface area contributed by atoms with Crippen LogP contribution < -0.4 is 4.90 Å². The molecule has 2 aromatic rings. The van der Waals surface area contributed by atoms with Gasteiger partial charge in [-0.1, -0.05) is 29.8 Å². The molecule has 1 saturated heterocycles. The molecule has 1 amide bonds. The number of hydrogen-bond donors (Lipinski definition) is 0. The first-order valence-electron chi connectivity index (χ1n) is 10.3. The molecule has 0 aliphatic carbocycles. The van der Waals surface area contributed by atoms with Crippen molar-refractivity contribution in [2.45, 2.75) is 38.0 Å². The number of halogens is 3. The average molecular weight is 470 g/mol. The van der Waals surface area contributed by atoms with Gasteiger partial charge in [0.1, 0.15) is 6.17 Å². The average Bonchev–Trinajstić information content (AvgIpc) is 3.20. The molecule has 1 fully saturated rings. The lowest BCUT2D eigenvalue weighted by atomic mass is 10.1. The number of rotatable bonds is 6. The molecule has 0 unspecified atom stereocenters. The van der Waals surface area contributed by atoms with E-state index in [-0.39, 0.29) is 18.0 Å². The highest BCUT2D eigenvalue weighted by Crippen LogP contribution is 2.38. The van der Waals surface area contributed by atoms with Crippen molar-refractivity contribution in [1.82, 2.24) is 9.21 Å². The Bertz CT molecular complexity index is 1050. The van der Waals surface area contributed by atoms with Crippen LogP contribution in [0.2, 0.25) is 0 Å². The van der Waals surface area contributed by atoms with Crippen molar-refractivity contribution < 1.29 is 26.4 Å². The summed E-state index contributed by atoms with van der Waals surface area (Å²) >= 11 is 0. The van der Waals surface area contributed by atoms with Crippen molar-refractivity contribution in [3.8, 4) is 0 Å². The third-order valence-corrected chi connectivity index (χ3v) is 7.45. The maximum absolute atomic E-state index is 13.3. The molecule has 0 N–H and O–H groups in total. The van der Waals surface area contributed by atoms with Crippen molar-refractivity contribution >= 4 is 21.6 Å². The van der Waals surface area contributed by atoms with Crippen molar-refractivity contribution in [3.63, 3.8) is 0 Å². The van der Waals surface area contributed by atoms with Crippen LogP contribution in [0.3, 0.4) is 0 Å². The summed E-state index contributed by atoms with van der Waals surface area (Å²) < 4.78 is 67.4. The Morgan fingerprint density at radius 2 is 1.56 bits per heavy atom. The Kier molecular flexibility index (Phi) is 6.85. The Morgan fingerprint density at radius 1 is 1.00 bits per heavy atom. The number of amides is 1. The number of carbonyl (C=O) groups is 1. The van der Waals surface area contributed by atoms with E-state index in [4.69, 9.17) is 0 Å². The summed E-state index contributed by atoms with van der Waals surface area (Å²) in [6.07, 6.45) is -6.50. The first kappa shape index (κ1) is 24.1. The third-order valence-electron chi connectivity index (χ3n) is 5.58. The van der Waals surface area contributed by atoms with Crippen LogP contribution in [0.15, 0.2) is 53.4 Å². The van der Waals surface area contributed by atoms with Gasteiger partial charge < -0.3 is 9.80 Å². The summed E-state index contributed by atoms with van der Waals surface area (Å²) in [5.74, 6) is -2.06. The minimum Gasteiger partial charge on any atom is -0.372 e. The van der Waals surface area contributed by atoms with Gasteiger partial charge in [-0.3, -0.25) is 4.79 Å².